The van der Waals surface area contributed by atoms with Crippen LogP contribution in [0.3, 0.4) is 0 Å². The van der Waals surface area contributed by atoms with Crippen molar-refractivity contribution in [3.8, 4) is 0 Å². The van der Waals surface area contributed by atoms with Crippen molar-refractivity contribution in [1.82, 2.24) is 0 Å². The first kappa shape index (κ1) is 9.96. The van der Waals surface area contributed by atoms with E-state index in [1.54, 1.807) is 0 Å². The maximum Gasteiger partial charge on any atom is 0.157 e. The first-order valence-corrected chi connectivity index (χ1v) is 4.87. The van der Waals surface area contributed by atoms with Crippen molar-refractivity contribution in [3.05, 3.63) is 0 Å². The Hall–Kier alpha value is -0.120. The van der Waals surface area contributed by atoms with Crippen molar-refractivity contribution >= 4 is 0 Å². The van der Waals surface area contributed by atoms with Gasteiger partial charge in [0.15, 0.2) is 6.29 Å². The molecule has 2 N–H and O–H groups in total. The fourth-order valence-electron chi connectivity index (χ4n) is 1.34. The van der Waals surface area contributed by atoms with Crippen LogP contribution in [0.15, 0.2) is 0 Å². The third kappa shape index (κ3) is 4.04. The van der Waals surface area contributed by atoms with Crippen LogP contribution in [0.2, 0.25) is 0 Å². The lowest BCUT2D eigenvalue weighted by atomic mass is 10.2. The van der Waals surface area contributed by atoms with Gasteiger partial charge in [-0.3, -0.25) is 0 Å². The second-order valence-electron chi connectivity index (χ2n) is 3.16. The largest absolute Gasteiger partial charge is 0.353 e. The van der Waals surface area contributed by atoms with E-state index < -0.39 is 0 Å². The van der Waals surface area contributed by atoms with Gasteiger partial charge < -0.3 is 15.2 Å². The molecule has 1 heterocycles. The Morgan fingerprint density at radius 1 is 1.08 bits per heavy atom. The number of nitrogens with two attached hydrogens (primary N) is 1. The van der Waals surface area contributed by atoms with Gasteiger partial charge in [0.05, 0.1) is 13.2 Å². The number of hydrogen-bond acceptors (Lipinski definition) is 3. The molecule has 0 aromatic heterocycles. The Bertz CT molecular complexity index is 103. The summed E-state index contributed by atoms with van der Waals surface area (Å²) in [6, 6.07) is 0. The third-order valence-electron chi connectivity index (χ3n) is 2.04. The number of unbranched alkanes of at least 4 members (excludes halogenated alkanes) is 2. The van der Waals surface area contributed by atoms with Crippen LogP contribution in [0.25, 0.3) is 0 Å². The van der Waals surface area contributed by atoms with E-state index in [-0.39, 0.29) is 6.29 Å². The summed E-state index contributed by atoms with van der Waals surface area (Å²) in [4.78, 5) is 0. The van der Waals surface area contributed by atoms with Crippen LogP contribution in [0.5, 0.6) is 0 Å². The molecular formula is C9H19NO2. The fraction of sp³-hybridized carbons (Fsp3) is 1.00. The first-order chi connectivity index (χ1) is 5.93. The van der Waals surface area contributed by atoms with E-state index in [9.17, 15) is 0 Å². The molecule has 0 radical (unpaired) electrons. The highest BCUT2D eigenvalue weighted by molar-refractivity contribution is 4.52. The van der Waals surface area contributed by atoms with Crippen molar-refractivity contribution in [1.29, 1.82) is 0 Å². The monoisotopic (exact) mass is 173 g/mol. The van der Waals surface area contributed by atoms with E-state index in [1.807, 2.05) is 0 Å². The van der Waals surface area contributed by atoms with Gasteiger partial charge in [-0.15, -0.1) is 0 Å². The van der Waals surface area contributed by atoms with Crippen LogP contribution in [0.1, 0.15) is 32.1 Å². The first-order valence-electron chi connectivity index (χ1n) is 4.87. The van der Waals surface area contributed by atoms with Crippen LogP contribution in [-0.4, -0.2) is 26.0 Å². The van der Waals surface area contributed by atoms with Gasteiger partial charge in [0, 0.05) is 0 Å². The number of hydrogen-bond donors (Lipinski definition) is 1. The van der Waals surface area contributed by atoms with Crippen molar-refractivity contribution in [2.24, 2.45) is 5.73 Å². The van der Waals surface area contributed by atoms with E-state index in [1.165, 1.54) is 12.8 Å². The summed E-state index contributed by atoms with van der Waals surface area (Å²) in [6.07, 6.45) is 5.62. The highest BCUT2D eigenvalue weighted by atomic mass is 16.7. The van der Waals surface area contributed by atoms with Crippen LogP contribution in [-0.2, 0) is 9.47 Å². The predicted octanol–water partition coefficient (Wildman–Crippen LogP) is 1.27. The molecule has 1 aliphatic heterocycles. The molecule has 12 heavy (non-hydrogen) atoms. The van der Waals surface area contributed by atoms with Gasteiger partial charge in [-0.25, -0.2) is 0 Å². The molecule has 0 saturated carbocycles. The topological polar surface area (TPSA) is 44.5 Å². The van der Waals surface area contributed by atoms with E-state index >= 15 is 0 Å². The van der Waals surface area contributed by atoms with E-state index in [4.69, 9.17) is 15.2 Å². The van der Waals surface area contributed by atoms with Crippen molar-refractivity contribution < 1.29 is 9.47 Å². The number of rotatable bonds is 5. The van der Waals surface area contributed by atoms with Crippen LogP contribution >= 0.6 is 0 Å². The Labute approximate surface area is 74.2 Å². The molecule has 1 fully saturated rings. The maximum absolute atomic E-state index is 5.40. The van der Waals surface area contributed by atoms with Gasteiger partial charge in [-0.05, 0) is 32.2 Å². The zero-order chi connectivity index (χ0) is 8.65. The molecule has 0 aromatic rings. The van der Waals surface area contributed by atoms with Crippen molar-refractivity contribution in [3.63, 3.8) is 0 Å². The van der Waals surface area contributed by atoms with E-state index in [2.05, 4.69) is 0 Å². The lowest BCUT2D eigenvalue weighted by Gasteiger charge is -2.22. The molecule has 1 aliphatic rings. The second-order valence-corrected chi connectivity index (χ2v) is 3.16. The lowest BCUT2D eigenvalue weighted by molar-refractivity contribution is -0.181. The summed E-state index contributed by atoms with van der Waals surface area (Å²) in [6.45, 7) is 2.52. The Balaban J connectivity index is 1.91. The lowest BCUT2D eigenvalue weighted by Crippen LogP contribution is -2.24. The van der Waals surface area contributed by atoms with Crippen molar-refractivity contribution in [2.75, 3.05) is 19.8 Å². The zero-order valence-electron chi connectivity index (χ0n) is 7.63. The molecule has 3 nitrogen and oxygen atoms in total. The van der Waals surface area contributed by atoms with Crippen LogP contribution in [0, 0.1) is 0 Å². The molecule has 3 heteroatoms. The average molecular weight is 173 g/mol. The van der Waals surface area contributed by atoms with E-state index in [0.29, 0.717) is 0 Å². The predicted molar refractivity (Wildman–Crippen MR) is 47.8 cm³/mol. The molecule has 0 aromatic carbocycles. The maximum atomic E-state index is 5.40. The van der Waals surface area contributed by atoms with Gasteiger partial charge in [-0.2, -0.15) is 0 Å². The molecule has 1 saturated heterocycles. The summed E-state index contributed by atoms with van der Waals surface area (Å²) in [5.74, 6) is 0. The summed E-state index contributed by atoms with van der Waals surface area (Å²) >= 11 is 0. The molecule has 0 aliphatic carbocycles. The van der Waals surface area contributed by atoms with Gasteiger partial charge in [0.2, 0.25) is 0 Å². The highest BCUT2D eigenvalue weighted by Crippen LogP contribution is 2.12. The highest BCUT2D eigenvalue weighted by Gasteiger charge is 2.12. The normalized spacial score (nSPS) is 19.8. The van der Waals surface area contributed by atoms with E-state index in [0.717, 1.165) is 39.0 Å². The minimum absolute atomic E-state index is 0.0662. The van der Waals surface area contributed by atoms with Gasteiger partial charge in [-0.1, -0.05) is 6.42 Å². The average Bonchev–Trinajstić information content (AvgIpc) is 2.14. The molecule has 1 rings (SSSR count). The number of ether oxygens (including phenoxy) is 2. The summed E-state index contributed by atoms with van der Waals surface area (Å²) < 4.78 is 10.8. The van der Waals surface area contributed by atoms with Crippen molar-refractivity contribution in [2.45, 2.75) is 38.4 Å². The molecule has 0 amide bonds. The zero-order valence-corrected chi connectivity index (χ0v) is 7.63. The van der Waals surface area contributed by atoms with Crippen LogP contribution < -0.4 is 5.73 Å². The summed E-state index contributed by atoms with van der Waals surface area (Å²) in [7, 11) is 0. The smallest absolute Gasteiger partial charge is 0.157 e. The second kappa shape index (κ2) is 6.40. The third-order valence-corrected chi connectivity index (χ3v) is 2.04. The standard InChI is InChI=1S/C9H19NO2/c10-6-3-1-2-5-9-11-7-4-8-12-9/h9H,1-8,10H2. The molecule has 0 spiro atoms. The summed E-state index contributed by atoms with van der Waals surface area (Å²) in [5.41, 5.74) is 5.39. The SMILES string of the molecule is NCCCCCC1OCCCO1. The Kier molecular flexibility index (Phi) is 5.32. The molecular weight excluding hydrogens is 154 g/mol. The molecule has 0 bridgehead atoms. The molecule has 0 unspecified atom stereocenters. The van der Waals surface area contributed by atoms with Crippen LogP contribution in [0.4, 0.5) is 0 Å². The Morgan fingerprint density at radius 3 is 2.50 bits per heavy atom. The fourth-order valence-corrected chi connectivity index (χ4v) is 1.34. The Morgan fingerprint density at radius 2 is 1.83 bits per heavy atom. The summed E-state index contributed by atoms with van der Waals surface area (Å²) in [5, 5.41) is 0. The minimum atomic E-state index is 0.0662. The van der Waals surface area contributed by atoms with Gasteiger partial charge in [0.1, 0.15) is 0 Å². The molecule has 0 atom stereocenters. The van der Waals surface area contributed by atoms with Gasteiger partial charge >= 0.3 is 0 Å². The molecule has 72 valence electrons. The minimum Gasteiger partial charge on any atom is -0.353 e. The quantitative estimate of drug-likeness (QED) is 0.637. The van der Waals surface area contributed by atoms with Gasteiger partial charge in [0.25, 0.3) is 0 Å².